The summed E-state index contributed by atoms with van der Waals surface area (Å²) in [6.07, 6.45) is -1.91. The molecule has 2 N–H and O–H groups in total. The predicted octanol–water partition coefficient (Wildman–Crippen LogP) is 3.70. The van der Waals surface area contributed by atoms with Crippen LogP contribution in [0.4, 0.5) is 18.9 Å². The number of alkyl halides is 3. The molecule has 0 aliphatic heterocycles. The second-order valence-electron chi connectivity index (χ2n) is 6.62. The number of hydrogen-bond donors (Lipinski definition) is 1. The van der Waals surface area contributed by atoms with Gasteiger partial charge in [-0.15, -0.1) is 0 Å². The van der Waals surface area contributed by atoms with Gasteiger partial charge in [0, 0.05) is 18.9 Å². The molecule has 0 atom stereocenters. The maximum atomic E-state index is 13.5. The largest absolute Gasteiger partial charge is 0.434 e. The minimum absolute atomic E-state index is 0.101. The zero-order valence-corrected chi connectivity index (χ0v) is 15.6. The van der Waals surface area contributed by atoms with E-state index in [0.717, 1.165) is 11.8 Å². The van der Waals surface area contributed by atoms with E-state index in [9.17, 15) is 18.0 Å². The van der Waals surface area contributed by atoms with Crippen molar-refractivity contribution in [3.63, 3.8) is 0 Å². The SMILES string of the molecule is Nc1cccnc1-c1nc2ccnc(C(F)(F)F)c2c(=O)n1CCc1ccccc1. The van der Waals surface area contributed by atoms with E-state index in [0.29, 0.717) is 6.42 Å². The van der Waals surface area contributed by atoms with E-state index in [1.807, 2.05) is 30.3 Å². The Balaban J connectivity index is 1.97. The third-order valence-corrected chi connectivity index (χ3v) is 4.66. The molecular weight excluding hydrogens is 395 g/mol. The number of anilines is 1. The highest BCUT2D eigenvalue weighted by atomic mass is 19.4. The second-order valence-corrected chi connectivity index (χ2v) is 6.62. The van der Waals surface area contributed by atoms with E-state index in [1.54, 1.807) is 12.1 Å². The van der Waals surface area contributed by atoms with Gasteiger partial charge in [-0.1, -0.05) is 30.3 Å². The van der Waals surface area contributed by atoms with Crippen LogP contribution in [0, 0.1) is 0 Å². The Morgan fingerprint density at radius 3 is 2.43 bits per heavy atom. The number of nitrogens with two attached hydrogens (primary N) is 1. The molecule has 0 amide bonds. The van der Waals surface area contributed by atoms with Crippen molar-refractivity contribution in [3.05, 3.63) is 82.5 Å². The number of benzene rings is 1. The fraction of sp³-hybridized carbons (Fsp3) is 0.143. The van der Waals surface area contributed by atoms with Crippen molar-refractivity contribution in [2.24, 2.45) is 0 Å². The minimum atomic E-state index is -4.79. The lowest BCUT2D eigenvalue weighted by Crippen LogP contribution is -2.27. The summed E-state index contributed by atoms with van der Waals surface area (Å²) in [6, 6.07) is 13.8. The molecular formula is C21H16F3N5O. The van der Waals surface area contributed by atoms with Gasteiger partial charge in [-0.05, 0) is 30.2 Å². The Morgan fingerprint density at radius 2 is 1.73 bits per heavy atom. The van der Waals surface area contributed by atoms with Crippen molar-refractivity contribution in [2.75, 3.05) is 5.73 Å². The summed E-state index contributed by atoms with van der Waals surface area (Å²) in [4.78, 5) is 25.2. The number of pyridine rings is 2. The van der Waals surface area contributed by atoms with Crippen LogP contribution in [0.25, 0.3) is 22.4 Å². The van der Waals surface area contributed by atoms with E-state index >= 15 is 0 Å². The van der Waals surface area contributed by atoms with Crippen LogP contribution < -0.4 is 11.3 Å². The van der Waals surface area contributed by atoms with Gasteiger partial charge >= 0.3 is 6.18 Å². The molecule has 0 aliphatic rings. The Hall–Kier alpha value is -3.75. The highest BCUT2D eigenvalue weighted by Gasteiger charge is 2.36. The Morgan fingerprint density at radius 1 is 0.967 bits per heavy atom. The number of halogens is 3. The van der Waals surface area contributed by atoms with Crippen LogP contribution >= 0.6 is 0 Å². The number of fused-ring (bicyclic) bond motifs is 1. The van der Waals surface area contributed by atoms with Crippen LogP contribution in [0.2, 0.25) is 0 Å². The van der Waals surface area contributed by atoms with Gasteiger partial charge in [-0.3, -0.25) is 19.3 Å². The number of hydrogen-bond acceptors (Lipinski definition) is 5. The first kappa shape index (κ1) is 19.6. The summed E-state index contributed by atoms with van der Waals surface area (Å²) in [5, 5.41) is -0.573. The smallest absolute Gasteiger partial charge is 0.397 e. The van der Waals surface area contributed by atoms with Crippen LogP contribution in [-0.2, 0) is 19.1 Å². The van der Waals surface area contributed by atoms with Gasteiger partial charge in [0.25, 0.3) is 5.56 Å². The number of aryl methyl sites for hydroxylation is 1. The monoisotopic (exact) mass is 411 g/mol. The molecule has 3 aromatic heterocycles. The normalized spacial score (nSPS) is 11.7. The summed E-state index contributed by atoms with van der Waals surface area (Å²) in [5.74, 6) is 0.112. The van der Waals surface area contributed by atoms with Crippen molar-refractivity contribution in [2.45, 2.75) is 19.1 Å². The van der Waals surface area contributed by atoms with Gasteiger partial charge in [0.2, 0.25) is 0 Å². The van der Waals surface area contributed by atoms with Crippen LogP contribution in [-0.4, -0.2) is 19.5 Å². The third-order valence-electron chi connectivity index (χ3n) is 4.66. The Labute approximate surface area is 168 Å². The van der Waals surface area contributed by atoms with Gasteiger partial charge in [0.15, 0.2) is 11.5 Å². The maximum Gasteiger partial charge on any atom is 0.434 e. The highest BCUT2D eigenvalue weighted by molar-refractivity contribution is 5.83. The molecule has 30 heavy (non-hydrogen) atoms. The van der Waals surface area contributed by atoms with Crippen molar-refractivity contribution in [1.29, 1.82) is 0 Å². The average molecular weight is 411 g/mol. The lowest BCUT2D eigenvalue weighted by Gasteiger charge is -2.16. The third kappa shape index (κ3) is 3.61. The molecule has 0 spiro atoms. The first-order valence-corrected chi connectivity index (χ1v) is 9.08. The first-order chi connectivity index (χ1) is 14.4. The Bertz CT molecular complexity index is 1270. The summed E-state index contributed by atoms with van der Waals surface area (Å²) in [7, 11) is 0. The predicted molar refractivity (Wildman–Crippen MR) is 107 cm³/mol. The van der Waals surface area contributed by atoms with E-state index < -0.39 is 22.8 Å². The van der Waals surface area contributed by atoms with Gasteiger partial charge in [-0.25, -0.2) is 4.98 Å². The molecule has 0 bridgehead atoms. The zero-order valence-electron chi connectivity index (χ0n) is 15.6. The van der Waals surface area contributed by atoms with Crippen LogP contribution in [0.3, 0.4) is 0 Å². The molecule has 0 radical (unpaired) electrons. The summed E-state index contributed by atoms with van der Waals surface area (Å²) >= 11 is 0. The van der Waals surface area contributed by atoms with Crippen molar-refractivity contribution >= 4 is 16.6 Å². The molecule has 6 nitrogen and oxygen atoms in total. The van der Waals surface area contributed by atoms with Crippen molar-refractivity contribution in [3.8, 4) is 11.5 Å². The molecule has 0 aliphatic carbocycles. The topological polar surface area (TPSA) is 86.7 Å². The molecule has 0 unspecified atom stereocenters. The van der Waals surface area contributed by atoms with Crippen LogP contribution in [0.5, 0.6) is 0 Å². The van der Waals surface area contributed by atoms with Gasteiger partial charge in [-0.2, -0.15) is 13.2 Å². The van der Waals surface area contributed by atoms with Gasteiger partial charge in [0.05, 0.1) is 16.6 Å². The van der Waals surface area contributed by atoms with Crippen molar-refractivity contribution < 1.29 is 13.2 Å². The zero-order chi connectivity index (χ0) is 21.3. The van der Waals surface area contributed by atoms with E-state index in [1.165, 1.54) is 16.8 Å². The van der Waals surface area contributed by atoms with Gasteiger partial charge in [0.1, 0.15) is 5.69 Å². The fourth-order valence-electron chi connectivity index (χ4n) is 3.25. The molecule has 3 heterocycles. The Kier molecular flexibility index (Phi) is 4.94. The van der Waals surface area contributed by atoms with Gasteiger partial charge < -0.3 is 5.73 Å². The van der Waals surface area contributed by atoms with Crippen LogP contribution in [0.1, 0.15) is 11.3 Å². The number of aromatic nitrogens is 4. The maximum absolute atomic E-state index is 13.5. The summed E-state index contributed by atoms with van der Waals surface area (Å²) in [6.45, 7) is 0.101. The standard InChI is InChI=1S/C21H16F3N5O/c22-21(23,24)18-16-15(8-11-27-18)28-19(17-14(25)7-4-10-26-17)29(20(16)30)12-9-13-5-2-1-3-6-13/h1-8,10-11H,9,12,25H2. The molecule has 4 rings (SSSR count). The molecule has 4 aromatic rings. The molecule has 9 heteroatoms. The van der Waals surface area contributed by atoms with E-state index in [4.69, 9.17) is 5.73 Å². The summed E-state index contributed by atoms with van der Waals surface area (Å²) in [5.41, 5.74) is 5.22. The highest BCUT2D eigenvalue weighted by Crippen LogP contribution is 2.32. The molecule has 152 valence electrons. The first-order valence-electron chi connectivity index (χ1n) is 9.08. The average Bonchev–Trinajstić information content (AvgIpc) is 2.73. The summed E-state index contributed by atoms with van der Waals surface area (Å²) < 4.78 is 41.7. The fourth-order valence-corrected chi connectivity index (χ4v) is 3.25. The lowest BCUT2D eigenvalue weighted by atomic mass is 10.1. The van der Waals surface area contributed by atoms with E-state index in [-0.39, 0.29) is 29.3 Å². The molecule has 0 saturated heterocycles. The number of nitrogen functional groups attached to an aromatic ring is 1. The van der Waals surface area contributed by atoms with E-state index in [2.05, 4.69) is 15.0 Å². The second kappa shape index (κ2) is 7.58. The van der Waals surface area contributed by atoms with Crippen molar-refractivity contribution in [1.82, 2.24) is 19.5 Å². The molecule has 0 fully saturated rings. The number of nitrogens with zero attached hydrogens (tertiary/aromatic N) is 4. The molecule has 0 saturated carbocycles. The molecule has 1 aromatic carbocycles. The lowest BCUT2D eigenvalue weighted by molar-refractivity contribution is -0.139. The van der Waals surface area contributed by atoms with Crippen LogP contribution in [0.15, 0.2) is 65.7 Å². The number of rotatable bonds is 4. The minimum Gasteiger partial charge on any atom is -0.397 e. The quantitative estimate of drug-likeness (QED) is 0.553.